The minimum Gasteiger partial charge on any atom is -0.338 e. The second kappa shape index (κ2) is 6.06. The van der Waals surface area contributed by atoms with Crippen molar-refractivity contribution in [1.29, 1.82) is 0 Å². The van der Waals surface area contributed by atoms with Crippen molar-refractivity contribution in [2.75, 3.05) is 13.1 Å². The van der Waals surface area contributed by atoms with Crippen LogP contribution < -0.4 is 0 Å². The van der Waals surface area contributed by atoms with Crippen molar-refractivity contribution < 1.29 is 9.59 Å². The highest BCUT2D eigenvalue weighted by Crippen LogP contribution is 2.40. The van der Waals surface area contributed by atoms with Crippen LogP contribution in [0.4, 0.5) is 0 Å². The van der Waals surface area contributed by atoms with Crippen LogP contribution >= 0.6 is 11.6 Å². The van der Waals surface area contributed by atoms with Crippen molar-refractivity contribution in [3.8, 4) is 0 Å². The van der Waals surface area contributed by atoms with Gasteiger partial charge in [0.1, 0.15) is 5.54 Å². The minimum absolute atomic E-state index is 0.0818. The molecule has 1 unspecified atom stereocenters. The lowest BCUT2D eigenvalue weighted by Gasteiger charge is -2.45. The lowest BCUT2D eigenvalue weighted by atomic mass is 9.84. The van der Waals surface area contributed by atoms with E-state index in [-0.39, 0.29) is 23.6 Å². The van der Waals surface area contributed by atoms with Gasteiger partial charge in [-0.1, -0.05) is 11.6 Å². The first kappa shape index (κ1) is 17.3. The molecule has 1 atom stereocenters. The van der Waals surface area contributed by atoms with Gasteiger partial charge in [-0.25, -0.2) is 0 Å². The number of carbonyl (C=O) groups is 2. The van der Waals surface area contributed by atoms with Crippen LogP contribution in [0.15, 0.2) is 0 Å². The van der Waals surface area contributed by atoms with Gasteiger partial charge in [-0.05, 0) is 46.5 Å². The van der Waals surface area contributed by atoms with Crippen LogP contribution in [0.3, 0.4) is 0 Å². The van der Waals surface area contributed by atoms with E-state index in [0.717, 1.165) is 37.9 Å². The molecule has 2 aliphatic heterocycles. The van der Waals surface area contributed by atoms with E-state index in [0.29, 0.717) is 11.6 Å². The normalized spacial score (nSPS) is 24.5. The Morgan fingerprint density at radius 1 is 1.25 bits per heavy atom. The zero-order valence-corrected chi connectivity index (χ0v) is 15.6. The number of hydrogen-bond donors (Lipinski definition) is 0. The van der Waals surface area contributed by atoms with Crippen molar-refractivity contribution in [2.45, 2.75) is 58.0 Å². The van der Waals surface area contributed by atoms with Gasteiger partial charge in [-0.2, -0.15) is 5.10 Å². The molecule has 0 N–H and O–H groups in total. The van der Waals surface area contributed by atoms with Gasteiger partial charge in [0, 0.05) is 26.2 Å². The molecule has 132 valence electrons. The summed E-state index contributed by atoms with van der Waals surface area (Å²) in [5, 5.41) is 4.66. The Kier molecular flexibility index (Phi) is 4.36. The van der Waals surface area contributed by atoms with Gasteiger partial charge in [-0.3, -0.25) is 14.3 Å². The highest BCUT2D eigenvalue weighted by Gasteiger charge is 2.53. The molecule has 1 aromatic rings. The summed E-state index contributed by atoms with van der Waals surface area (Å²) in [6.45, 7) is 7.23. The lowest BCUT2D eigenvalue weighted by Crippen LogP contribution is -2.62. The Bertz CT molecular complexity index is 684. The smallest absolute Gasteiger partial charge is 0.276 e. The predicted octanol–water partition coefficient (Wildman–Crippen LogP) is 2.39. The Labute approximate surface area is 147 Å². The van der Waals surface area contributed by atoms with Crippen molar-refractivity contribution >= 4 is 23.4 Å². The Balaban J connectivity index is 1.96. The molecule has 2 amide bonds. The molecule has 0 aliphatic carbocycles. The maximum Gasteiger partial charge on any atom is 0.276 e. The fourth-order valence-corrected chi connectivity index (χ4v) is 4.25. The zero-order chi connectivity index (χ0) is 17.6. The number of aromatic nitrogens is 2. The molecule has 0 aromatic carbocycles. The van der Waals surface area contributed by atoms with Crippen LogP contribution in [-0.2, 0) is 11.8 Å². The average molecular weight is 353 g/mol. The lowest BCUT2D eigenvalue weighted by molar-refractivity contribution is -0.147. The van der Waals surface area contributed by atoms with Crippen LogP contribution in [0.1, 0.15) is 55.7 Å². The third-order valence-corrected chi connectivity index (χ3v) is 5.92. The quantitative estimate of drug-likeness (QED) is 0.821. The number of piperidine rings is 1. The summed E-state index contributed by atoms with van der Waals surface area (Å²) in [4.78, 5) is 29.9. The number of rotatable bonds is 2. The summed E-state index contributed by atoms with van der Waals surface area (Å²) in [5.74, 6) is -0.140. The van der Waals surface area contributed by atoms with Crippen LogP contribution in [0, 0.1) is 6.92 Å². The van der Waals surface area contributed by atoms with Crippen LogP contribution in [0.5, 0.6) is 0 Å². The molecule has 0 radical (unpaired) electrons. The van der Waals surface area contributed by atoms with E-state index in [9.17, 15) is 9.59 Å². The van der Waals surface area contributed by atoms with Gasteiger partial charge in [0.15, 0.2) is 5.69 Å². The first-order chi connectivity index (χ1) is 11.3. The van der Waals surface area contributed by atoms with Crippen LogP contribution in [0.25, 0.3) is 0 Å². The Morgan fingerprint density at radius 3 is 2.42 bits per heavy atom. The highest BCUT2D eigenvalue weighted by molar-refractivity contribution is 6.34. The van der Waals surface area contributed by atoms with Gasteiger partial charge in [0.25, 0.3) is 5.91 Å². The summed E-state index contributed by atoms with van der Waals surface area (Å²) in [6.07, 6.45) is 3.21. The third kappa shape index (κ3) is 2.42. The van der Waals surface area contributed by atoms with E-state index in [4.69, 9.17) is 11.6 Å². The second-order valence-corrected chi connectivity index (χ2v) is 7.54. The molecule has 2 saturated heterocycles. The van der Waals surface area contributed by atoms with E-state index >= 15 is 0 Å². The summed E-state index contributed by atoms with van der Waals surface area (Å²) < 4.78 is 1.61. The van der Waals surface area contributed by atoms with Gasteiger partial charge in [0.05, 0.1) is 10.7 Å². The number of halogens is 1. The van der Waals surface area contributed by atoms with Gasteiger partial charge < -0.3 is 9.80 Å². The van der Waals surface area contributed by atoms with E-state index in [1.807, 2.05) is 25.7 Å². The monoisotopic (exact) mass is 352 g/mol. The van der Waals surface area contributed by atoms with Gasteiger partial charge >= 0.3 is 0 Å². The topological polar surface area (TPSA) is 58.4 Å². The largest absolute Gasteiger partial charge is 0.338 e. The Morgan fingerprint density at radius 2 is 1.88 bits per heavy atom. The number of aryl methyl sites for hydroxylation is 1. The molecule has 2 fully saturated rings. The number of likely N-dealkylation sites (tertiary alicyclic amines) is 2. The van der Waals surface area contributed by atoms with E-state index < -0.39 is 5.54 Å². The summed E-state index contributed by atoms with van der Waals surface area (Å²) in [5.41, 5.74) is 0.299. The maximum atomic E-state index is 13.2. The Hall–Kier alpha value is -1.56. The highest BCUT2D eigenvalue weighted by atomic mass is 35.5. The maximum absolute atomic E-state index is 13.2. The van der Waals surface area contributed by atoms with Crippen molar-refractivity contribution in [3.63, 3.8) is 0 Å². The van der Waals surface area contributed by atoms with Crippen molar-refractivity contribution in [2.24, 2.45) is 7.05 Å². The molecule has 3 heterocycles. The van der Waals surface area contributed by atoms with Crippen molar-refractivity contribution in [1.82, 2.24) is 19.6 Å². The molecular weight excluding hydrogens is 328 g/mol. The average Bonchev–Trinajstić information content (AvgIpc) is 3.07. The summed E-state index contributed by atoms with van der Waals surface area (Å²) >= 11 is 6.30. The van der Waals surface area contributed by atoms with Crippen LogP contribution in [0.2, 0.25) is 5.02 Å². The van der Waals surface area contributed by atoms with Gasteiger partial charge in [-0.15, -0.1) is 0 Å². The minimum atomic E-state index is -0.714. The third-order valence-electron chi connectivity index (χ3n) is 5.47. The molecule has 1 spiro atoms. The van der Waals surface area contributed by atoms with E-state index in [1.54, 1.807) is 16.6 Å². The first-order valence-corrected chi connectivity index (χ1v) is 8.99. The number of hydrogen-bond acceptors (Lipinski definition) is 3. The van der Waals surface area contributed by atoms with Gasteiger partial charge in [0.2, 0.25) is 5.91 Å². The molecule has 0 bridgehead atoms. The summed E-state index contributed by atoms with van der Waals surface area (Å²) in [7, 11) is 1.77. The number of nitrogens with zero attached hydrogens (tertiary/aromatic N) is 4. The molecule has 24 heavy (non-hydrogen) atoms. The predicted molar refractivity (Wildman–Crippen MR) is 92.0 cm³/mol. The standard InChI is InChI=1S/C17H25ClN4O2/c1-11(2)21-9-5-7-17(16(21)24)8-6-10-22(17)15(23)14-13(18)12(3)20(4)19-14/h11H,5-10H2,1-4H3. The van der Waals surface area contributed by atoms with Crippen LogP contribution in [-0.4, -0.2) is 56.1 Å². The molecular formula is C17H25ClN4O2. The number of carbonyl (C=O) groups excluding carboxylic acids is 2. The first-order valence-electron chi connectivity index (χ1n) is 8.61. The zero-order valence-electron chi connectivity index (χ0n) is 14.8. The number of amides is 2. The second-order valence-electron chi connectivity index (χ2n) is 7.16. The molecule has 6 nitrogen and oxygen atoms in total. The van der Waals surface area contributed by atoms with E-state index in [1.165, 1.54) is 0 Å². The molecule has 3 rings (SSSR count). The molecule has 7 heteroatoms. The van der Waals surface area contributed by atoms with Crippen molar-refractivity contribution in [3.05, 3.63) is 16.4 Å². The van der Waals surface area contributed by atoms with E-state index in [2.05, 4.69) is 5.10 Å². The fraction of sp³-hybridized carbons (Fsp3) is 0.706. The molecule has 2 aliphatic rings. The fourth-order valence-electron chi connectivity index (χ4n) is 4.01. The molecule has 1 aromatic heterocycles. The molecule has 0 saturated carbocycles. The summed E-state index contributed by atoms with van der Waals surface area (Å²) in [6, 6.07) is 0.146. The SMILES string of the molecule is Cc1c(Cl)c(C(=O)N2CCCC23CCCN(C(C)C)C3=O)nn1C.